The number of Topliss-reactive ketones (excluding diaryl/α,β-unsaturated/α-hetero) is 6. The van der Waals surface area contributed by atoms with Crippen LogP contribution in [0.3, 0.4) is 0 Å². The molecule has 0 fully saturated rings. The highest BCUT2D eigenvalue weighted by atomic mass is 16.1. The maximum atomic E-state index is 15.5. The third-order valence-electron chi connectivity index (χ3n) is 21.7. The summed E-state index contributed by atoms with van der Waals surface area (Å²) in [5, 5.41) is 11.5. The maximum Gasteiger partial charge on any atom is 0.186 e. The summed E-state index contributed by atoms with van der Waals surface area (Å²) in [4.78, 5) is 92.8. The zero-order valence-corrected chi connectivity index (χ0v) is 69.4. The number of hydrogen-bond acceptors (Lipinski definition) is 6. The fraction of sp³-hybridized carbons (Fsp3) is 0.500. The van der Waals surface area contributed by atoms with E-state index in [2.05, 4.69) is 322 Å². The van der Waals surface area contributed by atoms with E-state index >= 15 is 28.8 Å². The Balaban J connectivity index is 1.83. The molecule has 10 rings (SSSR count). The lowest BCUT2D eigenvalue weighted by Crippen LogP contribution is -2.49. The molecule has 6 aliphatic rings. The highest BCUT2D eigenvalue weighted by Crippen LogP contribution is 2.48. The van der Waals surface area contributed by atoms with Crippen LogP contribution in [0, 0.1) is 65.0 Å². The van der Waals surface area contributed by atoms with Gasteiger partial charge < -0.3 is 0 Å². The van der Waals surface area contributed by atoms with E-state index in [0.717, 1.165) is 97.1 Å². The largest absolute Gasteiger partial charge is 0.289 e. The van der Waals surface area contributed by atoms with Crippen molar-refractivity contribution in [2.24, 2.45) is 65.0 Å². The van der Waals surface area contributed by atoms with Crippen LogP contribution in [0.1, 0.15) is 249 Å². The fourth-order valence-electron chi connectivity index (χ4n) is 15.9. The number of benzene rings is 1. The van der Waals surface area contributed by atoms with Gasteiger partial charge in [0.1, 0.15) is 0 Å². The standard InChI is InChI=1S/C96H120O6/c1-85(2,3)55-37-49(38-56(79(55)97)86(4,5)6)67-68(50-39-57(87(7,8)9)80(98)58(40-50)88(10,11)12)74-73(67)75-69(51-41-59(89(13,14)15)81(99)60(42-51)90(16,17)18)70(52-43-61(91(19,20)21)82(100)62(44-52)92(22,23)24)77(75)78-72(54-47-65(95(31,32)33)84(102)66(48-54)96(34,35)36)71(76(74)78)53-45-63(93(25,26)27)83(101)64(46-53)94(28,29)30/h37-48H,1-36H3. The van der Waals surface area contributed by atoms with Gasteiger partial charge in [-0.3, -0.25) is 28.8 Å². The van der Waals surface area contributed by atoms with Crippen LogP contribution in [0.2, 0.25) is 0 Å². The molecule has 6 heteroatoms. The number of rotatable bonds is 0. The number of carbonyl (C=O) groups is 6. The molecule has 6 nitrogen and oxygen atoms in total. The zero-order chi connectivity index (χ0) is 77.3. The van der Waals surface area contributed by atoms with Crippen LogP contribution in [0.4, 0.5) is 0 Å². The maximum absolute atomic E-state index is 15.5. The van der Waals surface area contributed by atoms with Crippen LogP contribution in [0.15, 0.2) is 140 Å². The quantitative estimate of drug-likeness (QED) is 0.174. The molecule has 0 atom stereocenters. The summed E-state index contributed by atoms with van der Waals surface area (Å²) in [6.07, 6.45) is 25.8. The molecule has 0 N–H and O–H groups in total. The molecule has 6 aliphatic carbocycles. The van der Waals surface area contributed by atoms with Crippen molar-refractivity contribution in [3.05, 3.63) is 171 Å². The summed E-state index contributed by atoms with van der Waals surface area (Å²) in [7, 11) is 0. The molecule has 540 valence electrons. The SMILES string of the molecule is CC(C)(C)C1=CC(=c2c(=C3C=C(C(C)(C)C)C(=O)C(C(C)(C)C)=C3)c3c2c2c(=C4C=C(C(C)(C)C)C(=O)C(C(C)(C)C)=C4)c(=C4C=C(C(C)(C)C)C(=O)C(C(C)(C)C)=C4)c2c2c(=C4C=C(C(C)(C)C)C(=O)C(C(C)(C)C)=C4)c(=C4C=C(C(C)(C)C)C(=O)C(C(C)(C)C)=C4)c32)C=C(C(C)(C)C)C1=O. The number of allylic oxidation sites excluding steroid dienone is 24. The van der Waals surface area contributed by atoms with Crippen molar-refractivity contribution >= 4 is 100 Å². The predicted molar refractivity (Wildman–Crippen MR) is 431 cm³/mol. The minimum atomic E-state index is -0.589. The van der Waals surface area contributed by atoms with E-state index in [4.69, 9.17) is 0 Å². The van der Waals surface area contributed by atoms with Gasteiger partial charge in [-0.05, 0) is 235 Å². The van der Waals surface area contributed by atoms with Gasteiger partial charge in [0, 0.05) is 66.9 Å². The first-order valence-electron chi connectivity index (χ1n) is 37.4. The van der Waals surface area contributed by atoms with Crippen LogP contribution < -0.4 is 31.3 Å². The summed E-state index contributed by atoms with van der Waals surface area (Å²) in [5.41, 5.74) is 6.54. The normalized spacial score (nSPS) is 19.3. The van der Waals surface area contributed by atoms with Gasteiger partial charge in [0.2, 0.25) is 0 Å². The lowest BCUT2D eigenvalue weighted by atomic mass is 9.67. The summed E-state index contributed by atoms with van der Waals surface area (Å²) in [6.45, 7) is 76.3. The predicted octanol–water partition coefficient (Wildman–Crippen LogP) is 19.5. The average molecular weight is 1370 g/mol. The molecule has 4 aromatic carbocycles. The molecule has 0 spiro atoms. The Labute approximate surface area is 611 Å². The van der Waals surface area contributed by atoms with Crippen LogP contribution in [-0.4, -0.2) is 34.7 Å². The van der Waals surface area contributed by atoms with Gasteiger partial charge in [-0.2, -0.15) is 0 Å². The topological polar surface area (TPSA) is 102 Å². The van der Waals surface area contributed by atoms with Crippen LogP contribution in [-0.2, 0) is 28.8 Å². The first-order valence-corrected chi connectivity index (χ1v) is 37.4. The van der Waals surface area contributed by atoms with E-state index < -0.39 is 65.0 Å². The Morgan fingerprint density at radius 1 is 0.137 bits per heavy atom. The lowest BCUT2D eigenvalue weighted by molar-refractivity contribution is -0.114. The second-order valence-corrected chi connectivity index (χ2v) is 42.9. The van der Waals surface area contributed by atoms with Gasteiger partial charge >= 0.3 is 0 Å². The lowest BCUT2D eigenvalue weighted by Gasteiger charge is -2.35. The molecule has 0 bridgehead atoms. The molecule has 0 heterocycles. The second kappa shape index (κ2) is 23.5. The van der Waals surface area contributed by atoms with E-state index in [-0.39, 0.29) is 34.7 Å². The van der Waals surface area contributed by atoms with E-state index in [9.17, 15) is 0 Å². The van der Waals surface area contributed by atoms with Gasteiger partial charge in [-0.15, -0.1) is 0 Å². The number of hydrogen-bond donors (Lipinski definition) is 0. The van der Waals surface area contributed by atoms with Gasteiger partial charge in [-0.25, -0.2) is 0 Å². The smallest absolute Gasteiger partial charge is 0.186 e. The second-order valence-electron chi connectivity index (χ2n) is 42.9. The van der Waals surface area contributed by atoms with Crippen molar-refractivity contribution in [2.75, 3.05) is 0 Å². The molecule has 0 unspecified atom stereocenters. The first kappa shape index (κ1) is 77.2. The fourth-order valence-corrected chi connectivity index (χ4v) is 15.9. The molecule has 0 aliphatic heterocycles. The molecular formula is C96H120O6. The van der Waals surface area contributed by atoms with Crippen LogP contribution >= 0.6 is 0 Å². The average Bonchev–Trinajstić information content (AvgIpc) is 0.643. The molecule has 102 heavy (non-hydrogen) atoms. The highest BCUT2D eigenvalue weighted by molar-refractivity contribution is 6.35. The molecular weight excluding hydrogens is 1250 g/mol. The van der Waals surface area contributed by atoms with Crippen molar-refractivity contribution in [1.82, 2.24) is 0 Å². The van der Waals surface area contributed by atoms with Crippen LogP contribution in [0.5, 0.6) is 0 Å². The molecule has 4 aromatic rings. The Morgan fingerprint density at radius 3 is 0.265 bits per heavy atom. The summed E-state index contributed by atoms with van der Waals surface area (Å²) in [6, 6.07) is 0. The van der Waals surface area contributed by atoms with Crippen molar-refractivity contribution < 1.29 is 28.8 Å². The van der Waals surface area contributed by atoms with E-state index in [1.807, 2.05) is 0 Å². The molecule has 0 radical (unpaired) electrons. The monoisotopic (exact) mass is 1370 g/mol. The zero-order valence-electron chi connectivity index (χ0n) is 69.4. The molecule has 0 aromatic heterocycles. The van der Waals surface area contributed by atoms with Crippen molar-refractivity contribution in [3.63, 3.8) is 0 Å². The van der Waals surface area contributed by atoms with Crippen molar-refractivity contribution in [3.8, 4) is 0 Å². The molecule has 0 saturated heterocycles. The minimum absolute atomic E-state index is 0.0109. The number of carbonyl (C=O) groups excluding carboxylic acids is 6. The number of ketones is 6. The summed E-state index contributed by atoms with van der Waals surface area (Å²) >= 11 is 0. The van der Waals surface area contributed by atoms with E-state index in [1.54, 1.807) is 0 Å². The van der Waals surface area contributed by atoms with Gasteiger partial charge in [-0.1, -0.05) is 249 Å². The Hall–Kier alpha value is -7.44. The highest BCUT2D eigenvalue weighted by Gasteiger charge is 2.44. The Bertz CT molecular complexity index is 4210. The number of fused-ring (bicyclic) bond motifs is 6. The Kier molecular flexibility index (Phi) is 17.8. The Morgan fingerprint density at radius 2 is 0.206 bits per heavy atom. The van der Waals surface area contributed by atoms with Crippen molar-refractivity contribution in [2.45, 2.75) is 249 Å². The van der Waals surface area contributed by atoms with Crippen LogP contribution in [0.25, 0.3) is 65.8 Å². The van der Waals surface area contributed by atoms with Gasteiger partial charge in [0.15, 0.2) is 34.7 Å². The minimum Gasteiger partial charge on any atom is -0.289 e. The van der Waals surface area contributed by atoms with Crippen molar-refractivity contribution in [1.29, 1.82) is 0 Å². The molecule has 0 saturated carbocycles. The van der Waals surface area contributed by atoms with Gasteiger partial charge in [0.05, 0.1) is 0 Å². The van der Waals surface area contributed by atoms with E-state index in [1.165, 1.54) is 0 Å². The third kappa shape index (κ3) is 13.0. The van der Waals surface area contributed by atoms with Gasteiger partial charge in [0.25, 0.3) is 0 Å². The third-order valence-corrected chi connectivity index (χ3v) is 21.7. The summed E-state index contributed by atoms with van der Waals surface area (Å²) < 4.78 is 0. The van der Waals surface area contributed by atoms with E-state index in [0.29, 0.717) is 66.9 Å². The summed E-state index contributed by atoms with van der Waals surface area (Å²) in [5.74, 6) is 0.0656. The first-order chi connectivity index (χ1) is 45.7. The molecule has 0 amide bonds.